The molecule has 0 aromatic carbocycles. The lowest BCUT2D eigenvalue weighted by molar-refractivity contribution is -0.136. The molecule has 0 saturated heterocycles. The summed E-state index contributed by atoms with van der Waals surface area (Å²) in [6.45, 7) is 4.94. The van der Waals surface area contributed by atoms with Crippen molar-refractivity contribution in [2.75, 3.05) is 6.54 Å². The van der Waals surface area contributed by atoms with E-state index in [0.29, 0.717) is 5.69 Å². The topological polar surface area (TPSA) is 87.6 Å². The summed E-state index contributed by atoms with van der Waals surface area (Å²) in [5, 5.41) is 7.39. The fourth-order valence-electron chi connectivity index (χ4n) is 1.60. The third kappa shape index (κ3) is 3.74. The van der Waals surface area contributed by atoms with Crippen LogP contribution in [0.25, 0.3) is 0 Å². The predicted octanol–water partition coefficient (Wildman–Crippen LogP) is 1.01. The summed E-state index contributed by atoms with van der Waals surface area (Å²) in [6, 6.07) is 5.32. The Hall–Kier alpha value is -1.47. The molecule has 0 amide bonds. The van der Waals surface area contributed by atoms with Gasteiger partial charge in [0.05, 0.1) is 12.2 Å². The van der Waals surface area contributed by atoms with Gasteiger partial charge in [-0.3, -0.25) is 9.78 Å². The number of rotatable bonds is 6. The number of hydrogen-bond donors (Lipinski definition) is 1. The summed E-state index contributed by atoms with van der Waals surface area (Å²) in [5.41, 5.74) is 1.39. The van der Waals surface area contributed by atoms with Gasteiger partial charge in [0.2, 0.25) is 10.0 Å². The molecule has 6 nitrogen and oxygen atoms in total. The molecular formula is C12H18N2O4S. The Kier molecular flexibility index (Phi) is 5.02. The van der Waals surface area contributed by atoms with E-state index in [9.17, 15) is 13.2 Å². The van der Waals surface area contributed by atoms with Crippen molar-refractivity contribution >= 4 is 16.0 Å². The highest BCUT2D eigenvalue weighted by Crippen LogP contribution is 2.13. The fraction of sp³-hybridized carbons (Fsp3) is 0.500. The number of aryl methyl sites for hydroxylation is 1. The predicted molar refractivity (Wildman–Crippen MR) is 71.1 cm³/mol. The molecule has 0 fully saturated rings. The maximum atomic E-state index is 12.1. The Labute approximate surface area is 113 Å². The highest BCUT2D eigenvalue weighted by Gasteiger charge is 2.33. The minimum absolute atomic E-state index is 0.0815. The maximum Gasteiger partial charge on any atom is 0.323 e. The molecule has 0 aliphatic carbocycles. The highest BCUT2D eigenvalue weighted by atomic mass is 32.2. The minimum atomic E-state index is -3.87. The number of carbonyl (C=O) groups is 1. The van der Waals surface area contributed by atoms with E-state index in [1.807, 2.05) is 13.0 Å². The zero-order valence-electron chi connectivity index (χ0n) is 11.2. The second-order valence-electron chi connectivity index (χ2n) is 4.22. The second-order valence-corrected chi connectivity index (χ2v) is 6.48. The number of aromatic nitrogens is 1. The summed E-state index contributed by atoms with van der Waals surface area (Å²) in [4.78, 5) is 15.1. The maximum absolute atomic E-state index is 12.1. The van der Waals surface area contributed by atoms with E-state index >= 15 is 0 Å². The molecule has 0 bridgehead atoms. The molecule has 0 radical (unpaired) electrons. The SMILES string of the molecule is CCN(Cc1cccc(C)n1)S(=O)(=O)C(C)C(=O)O. The molecule has 0 aliphatic heterocycles. The van der Waals surface area contributed by atoms with Gasteiger partial charge in [-0.2, -0.15) is 4.31 Å². The summed E-state index contributed by atoms with van der Waals surface area (Å²) < 4.78 is 25.4. The first-order valence-corrected chi connectivity index (χ1v) is 7.43. The van der Waals surface area contributed by atoms with Crippen molar-refractivity contribution in [2.24, 2.45) is 0 Å². The van der Waals surface area contributed by atoms with Crippen molar-refractivity contribution in [1.82, 2.24) is 9.29 Å². The molecule has 19 heavy (non-hydrogen) atoms. The van der Waals surface area contributed by atoms with Gasteiger partial charge in [0, 0.05) is 12.2 Å². The van der Waals surface area contributed by atoms with Crippen LogP contribution in [0.2, 0.25) is 0 Å². The average molecular weight is 286 g/mol. The number of carboxylic acid groups (broad SMARTS) is 1. The molecule has 1 heterocycles. The van der Waals surface area contributed by atoms with Gasteiger partial charge < -0.3 is 5.11 Å². The number of carboxylic acids is 1. The van der Waals surface area contributed by atoms with E-state index in [1.165, 1.54) is 6.92 Å². The zero-order valence-corrected chi connectivity index (χ0v) is 12.0. The van der Waals surface area contributed by atoms with Crippen LogP contribution in [0.3, 0.4) is 0 Å². The molecule has 1 rings (SSSR count). The Morgan fingerprint density at radius 2 is 2.11 bits per heavy atom. The quantitative estimate of drug-likeness (QED) is 0.843. The van der Waals surface area contributed by atoms with E-state index in [2.05, 4.69) is 4.98 Å². The largest absolute Gasteiger partial charge is 0.480 e. The number of sulfonamides is 1. The monoisotopic (exact) mass is 286 g/mol. The van der Waals surface area contributed by atoms with Gasteiger partial charge in [-0.15, -0.1) is 0 Å². The molecule has 0 aliphatic rings. The van der Waals surface area contributed by atoms with E-state index in [1.54, 1.807) is 19.1 Å². The molecule has 7 heteroatoms. The van der Waals surface area contributed by atoms with E-state index in [-0.39, 0.29) is 13.1 Å². The van der Waals surface area contributed by atoms with Crippen LogP contribution in [0.5, 0.6) is 0 Å². The standard InChI is InChI=1S/C12H18N2O4S/c1-4-14(19(17,18)10(3)12(15)16)8-11-7-5-6-9(2)13-11/h5-7,10H,4,8H2,1-3H3,(H,15,16). The molecule has 1 aromatic rings. The van der Waals surface area contributed by atoms with Crippen LogP contribution in [0.1, 0.15) is 25.2 Å². The van der Waals surface area contributed by atoms with Gasteiger partial charge in [-0.05, 0) is 26.0 Å². The summed E-state index contributed by atoms with van der Waals surface area (Å²) in [7, 11) is -3.87. The molecule has 1 N–H and O–H groups in total. The van der Waals surface area contributed by atoms with Crippen molar-refractivity contribution < 1.29 is 18.3 Å². The third-order valence-corrected chi connectivity index (χ3v) is 4.99. The van der Waals surface area contributed by atoms with E-state index in [0.717, 1.165) is 10.00 Å². The fourth-order valence-corrected chi connectivity index (χ4v) is 2.98. The normalized spacial score (nSPS) is 13.5. The van der Waals surface area contributed by atoms with Crippen LogP contribution in [-0.2, 0) is 21.4 Å². The number of aliphatic carboxylic acids is 1. The lowest BCUT2D eigenvalue weighted by Gasteiger charge is -2.22. The molecule has 0 spiro atoms. The minimum Gasteiger partial charge on any atom is -0.480 e. The summed E-state index contributed by atoms with van der Waals surface area (Å²) in [6.07, 6.45) is 0. The van der Waals surface area contributed by atoms with Gasteiger partial charge in [-0.25, -0.2) is 8.42 Å². The van der Waals surface area contributed by atoms with Gasteiger partial charge in [0.15, 0.2) is 5.25 Å². The van der Waals surface area contributed by atoms with Crippen LogP contribution in [-0.4, -0.2) is 40.6 Å². The van der Waals surface area contributed by atoms with Crippen LogP contribution in [0, 0.1) is 6.92 Å². The first-order chi connectivity index (χ1) is 8.78. The lowest BCUT2D eigenvalue weighted by Crippen LogP contribution is -2.40. The number of pyridine rings is 1. The first-order valence-electron chi connectivity index (χ1n) is 5.93. The summed E-state index contributed by atoms with van der Waals surface area (Å²) >= 11 is 0. The van der Waals surface area contributed by atoms with Crippen molar-refractivity contribution in [1.29, 1.82) is 0 Å². The number of nitrogens with zero attached hydrogens (tertiary/aromatic N) is 2. The van der Waals surface area contributed by atoms with E-state index in [4.69, 9.17) is 5.11 Å². The Morgan fingerprint density at radius 1 is 1.47 bits per heavy atom. The molecular weight excluding hydrogens is 268 g/mol. The first kappa shape index (κ1) is 15.6. The molecule has 106 valence electrons. The van der Waals surface area contributed by atoms with Crippen LogP contribution in [0.4, 0.5) is 0 Å². The van der Waals surface area contributed by atoms with Crippen LogP contribution < -0.4 is 0 Å². The summed E-state index contributed by atoms with van der Waals surface area (Å²) in [5.74, 6) is -1.35. The Morgan fingerprint density at radius 3 is 2.58 bits per heavy atom. The highest BCUT2D eigenvalue weighted by molar-refractivity contribution is 7.90. The molecule has 0 saturated carbocycles. The zero-order chi connectivity index (χ0) is 14.6. The van der Waals surface area contributed by atoms with Crippen LogP contribution >= 0.6 is 0 Å². The van der Waals surface area contributed by atoms with Crippen molar-refractivity contribution in [3.05, 3.63) is 29.6 Å². The Bertz CT molecular complexity index is 557. The molecule has 1 unspecified atom stereocenters. The van der Waals surface area contributed by atoms with Crippen molar-refractivity contribution in [3.63, 3.8) is 0 Å². The number of hydrogen-bond acceptors (Lipinski definition) is 4. The smallest absolute Gasteiger partial charge is 0.323 e. The van der Waals surface area contributed by atoms with Crippen molar-refractivity contribution in [3.8, 4) is 0 Å². The van der Waals surface area contributed by atoms with Crippen LogP contribution in [0.15, 0.2) is 18.2 Å². The third-order valence-electron chi connectivity index (χ3n) is 2.79. The lowest BCUT2D eigenvalue weighted by atomic mass is 10.3. The van der Waals surface area contributed by atoms with Gasteiger partial charge in [0.1, 0.15) is 0 Å². The molecule has 1 aromatic heterocycles. The average Bonchev–Trinajstić information content (AvgIpc) is 2.34. The van der Waals surface area contributed by atoms with Gasteiger partial charge in [0.25, 0.3) is 0 Å². The molecule has 1 atom stereocenters. The van der Waals surface area contributed by atoms with E-state index < -0.39 is 21.2 Å². The van der Waals surface area contributed by atoms with Gasteiger partial charge in [-0.1, -0.05) is 13.0 Å². The van der Waals surface area contributed by atoms with Gasteiger partial charge >= 0.3 is 5.97 Å². The Balaban J connectivity index is 2.99. The van der Waals surface area contributed by atoms with Crippen molar-refractivity contribution in [2.45, 2.75) is 32.6 Å². The second kappa shape index (κ2) is 6.12.